The third-order valence-electron chi connectivity index (χ3n) is 1.74. The van der Waals surface area contributed by atoms with E-state index in [1.807, 2.05) is 30.3 Å². The molecule has 0 aliphatic carbocycles. The second kappa shape index (κ2) is 4.96. The van der Waals surface area contributed by atoms with Crippen molar-refractivity contribution in [1.82, 2.24) is 0 Å². The monoisotopic (exact) mass is 208 g/mol. The van der Waals surface area contributed by atoms with E-state index in [1.54, 1.807) is 0 Å². The first kappa shape index (κ1) is 11.0. The molecule has 74 valence electrons. The van der Waals surface area contributed by atoms with Crippen molar-refractivity contribution in [2.75, 3.05) is 0 Å². The molecule has 1 aromatic rings. The number of thioether (sulfide) groups is 1. The minimum absolute atomic E-state index is 0.0913. The molecule has 0 unspecified atom stereocenters. The molecule has 0 radical (unpaired) electrons. The Bertz CT molecular complexity index is 318. The Morgan fingerprint density at radius 2 is 1.57 bits per heavy atom. The van der Waals surface area contributed by atoms with Gasteiger partial charge >= 0.3 is 0 Å². The molecule has 1 rings (SSSR count). The Kier molecular flexibility index (Phi) is 3.89. The highest BCUT2D eigenvalue weighted by molar-refractivity contribution is 8.01. The summed E-state index contributed by atoms with van der Waals surface area (Å²) in [7, 11) is 0. The molecule has 0 heterocycles. The Morgan fingerprint density at radius 3 is 2.00 bits per heavy atom. The molecular formula is C11H12O2S. The van der Waals surface area contributed by atoms with Crippen molar-refractivity contribution in [3.05, 3.63) is 30.3 Å². The third kappa shape index (κ3) is 3.00. The number of hydrogen-bond donors (Lipinski definition) is 0. The fourth-order valence-corrected chi connectivity index (χ4v) is 2.01. The highest BCUT2D eigenvalue weighted by Crippen LogP contribution is 2.23. The first-order valence-electron chi connectivity index (χ1n) is 4.34. The van der Waals surface area contributed by atoms with E-state index in [2.05, 4.69) is 0 Å². The van der Waals surface area contributed by atoms with Crippen LogP contribution in [0.5, 0.6) is 0 Å². The van der Waals surface area contributed by atoms with E-state index < -0.39 is 5.25 Å². The van der Waals surface area contributed by atoms with Crippen LogP contribution in [0, 0.1) is 0 Å². The van der Waals surface area contributed by atoms with Gasteiger partial charge in [-0.25, -0.2) is 0 Å². The largest absolute Gasteiger partial charge is 0.298 e. The van der Waals surface area contributed by atoms with Gasteiger partial charge in [0.1, 0.15) is 5.25 Å². The molecule has 0 aliphatic rings. The van der Waals surface area contributed by atoms with Crippen LogP contribution < -0.4 is 0 Å². The lowest BCUT2D eigenvalue weighted by atomic mass is 10.2. The summed E-state index contributed by atoms with van der Waals surface area (Å²) in [6.07, 6.45) is 0. The van der Waals surface area contributed by atoms with Crippen molar-refractivity contribution < 1.29 is 9.59 Å². The zero-order valence-electron chi connectivity index (χ0n) is 8.19. The van der Waals surface area contributed by atoms with E-state index in [9.17, 15) is 9.59 Å². The van der Waals surface area contributed by atoms with Gasteiger partial charge < -0.3 is 0 Å². The van der Waals surface area contributed by atoms with E-state index in [-0.39, 0.29) is 11.6 Å². The number of Topliss-reactive ketones (excluding diaryl/α,β-unsaturated/α-hetero) is 2. The molecule has 0 saturated heterocycles. The predicted octanol–water partition coefficient (Wildman–Crippen LogP) is 2.33. The van der Waals surface area contributed by atoms with Crippen molar-refractivity contribution in [1.29, 1.82) is 0 Å². The van der Waals surface area contributed by atoms with Gasteiger partial charge in [-0.2, -0.15) is 0 Å². The van der Waals surface area contributed by atoms with Gasteiger partial charge in [-0.15, -0.1) is 11.8 Å². The second-order valence-electron chi connectivity index (χ2n) is 3.03. The molecule has 0 N–H and O–H groups in total. The van der Waals surface area contributed by atoms with Crippen molar-refractivity contribution in [3.8, 4) is 0 Å². The molecule has 0 saturated carbocycles. The summed E-state index contributed by atoms with van der Waals surface area (Å²) >= 11 is 1.31. The maximum Gasteiger partial charge on any atom is 0.150 e. The molecule has 0 fully saturated rings. The minimum atomic E-state index is -0.558. The lowest BCUT2D eigenvalue weighted by Crippen LogP contribution is -2.21. The highest BCUT2D eigenvalue weighted by Gasteiger charge is 2.20. The maximum absolute atomic E-state index is 11.1. The van der Waals surface area contributed by atoms with Crippen LogP contribution in [0.25, 0.3) is 0 Å². The molecule has 1 aromatic carbocycles. The van der Waals surface area contributed by atoms with Crippen molar-refractivity contribution in [3.63, 3.8) is 0 Å². The van der Waals surface area contributed by atoms with Gasteiger partial charge in [0, 0.05) is 4.90 Å². The van der Waals surface area contributed by atoms with Crippen LogP contribution in [-0.2, 0) is 9.59 Å². The lowest BCUT2D eigenvalue weighted by molar-refractivity contribution is -0.123. The van der Waals surface area contributed by atoms with E-state index in [4.69, 9.17) is 0 Å². The average Bonchev–Trinajstić information content (AvgIpc) is 2.15. The lowest BCUT2D eigenvalue weighted by Gasteiger charge is -2.08. The molecule has 0 atom stereocenters. The number of carbonyl (C=O) groups excluding carboxylic acids is 2. The van der Waals surface area contributed by atoms with Crippen LogP contribution >= 0.6 is 11.8 Å². The Balaban J connectivity index is 2.75. The van der Waals surface area contributed by atoms with Gasteiger partial charge in [-0.3, -0.25) is 9.59 Å². The number of ketones is 2. The minimum Gasteiger partial charge on any atom is -0.298 e. The van der Waals surface area contributed by atoms with Gasteiger partial charge in [0.2, 0.25) is 0 Å². The summed E-state index contributed by atoms with van der Waals surface area (Å²) in [5.41, 5.74) is 0. The molecule has 0 amide bonds. The Labute approximate surface area is 87.7 Å². The van der Waals surface area contributed by atoms with Gasteiger partial charge in [0.15, 0.2) is 11.6 Å². The molecule has 0 aromatic heterocycles. The maximum atomic E-state index is 11.1. The van der Waals surface area contributed by atoms with Crippen LogP contribution in [0.15, 0.2) is 35.2 Å². The topological polar surface area (TPSA) is 34.1 Å². The van der Waals surface area contributed by atoms with Gasteiger partial charge in [0.25, 0.3) is 0 Å². The summed E-state index contributed by atoms with van der Waals surface area (Å²) in [5, 5.41) is -0.558. The Morgan fingerprint density at radius 1 is 1.07 bits per heavy atom. The van der Waals surface area contributed by atoms with Crippen LogP contribution in [-0.4, -0.2) is 16.8 Å². The van der Waals surface area contributed by atoms with Gasteiger partial charge in [-0.05, 0) is 26.0 Å². The third-order valence-corrected chi connectivity index (χ3v) is 3.18. The van der Waals surface area contributed by atoms with Gasteiger partial charge in [-0.1, -0.05) is 18.2 Å². The summed E-state index contributed by atoms with van der Waals surface area (Å²) in [6.45, 7) is 2.89. The SMILES string of the molecule is CC(=O)C(Sc1ccccc1)C(C)=O. The molecule has 0 spiro atoms. The molecule has 14 heavy (non-hydrogen) atoms. The molecule has 0 aliphatic heterocycles. The standard InChI is InChI=1S/C11H12O2S/c1-8(12)11(9(2)13)14-10-6-4-3-5-7-10/h3-7,11H,1-2H3. The smallest absolute Gasteiger partial charge is 0.150 e. The zero-order chi connectivity index (χ0) is 10.6. The summed E-state index contributed by atoms with van der Waals surface area (Å²) < 4.78 is 0. The first-order chi connectivity index (χ1) is 6.61. The van der Waals surface area contributed by atoms with Crippen LogP contribution in [0.3, 0.4) is 0 Å². The predicted molar refractivity (Wildman–Crippen MR) is 57.4 cm³/mol. The number of hydrogen-bond acceptors (Lipinski definition) is 3. The number of benzene rings is 1. The molecule has 3 heteroatoms. The first-order valence-corrected chi connectivity index (χ1v) is 5.22. The van der Waals surface area contributed by atoms with Crippen LogP contribution in [0.2, 0.25) is 0 Å². The van der Waals surface area contributed by atoms with E-state index in [0.29, 0.717) is 0 Å². The molecular weight excluding hydrogens is 196 g/mol. The molecule has 0 bridgehead atoms. The van der Waals surface area contributed by atoms with Crippen LogP contribution in [0.1, 0.15) is 13.8 Å². The van der Waals surface area contributed by atoms with Crippen molar-refractivity contribution in [2.45, 2.75) is 24.0 Å². The summed E-state index contributed by atoms with van der Waals surface area (Å²) in [6, 6.07) is 9.47. The molecule has 2 nitrogen and oxygen atoms in total. The summed E-state index contributed by atoms with van der Waals surface area (Å²) in [4.78, 5) is 23.2. The normalized spacial score (nSPS) is 10.2. The van der Waals surface area contributed by atoms with E-state index >= 15 is 0 Å². The summed E-state index contributed by atoms with van der Waals surface area (Å²) in [5.74, 6) is -0.183. The van der Waals surface area contributed by atoms with Crippen molar-refractivity contribution >= 4 is 23.3 Å². The second-order valence-corrected chi connectivity index (χ2v) is 4.21. The zero-order valence-corrected chi connectivity index (χ0v) is 9.01. The average molecular weight is 208 g/mol. The van der Waals surface area contributed by atoms with Crippen LogP contribution in [0.4, 0.5) is 0 Å². The number of carbonyl (C=O) groups is 2. The number of rotatable bonds is 4. The fraction of sp³-hybridized carbons (Fsp3) is 0.273. The Hall–Kier alpha value is -1.09. The quantitative estimate of drug-likeness (QED) is 0.562. The highest BCUT2D eigenvalue weighted by atomic mass is 32.2. The van der Waals surface area contributed by atoms with E-state index in [0.717, 1.165) is 4.90 Å². The van der Waals surface area contributed by atoms with E-state index in [1.165, 1.54) is 25.6 Å². The fourth-order valence-electron chi connectivity index (χ4n) is 1.09. The van der Waals surface area contributed by atoms with Crippen molar-refractivity contribution in [2.24, 2.45) is 0 Å². The van der Waals surface area contributed by atoms with Gasteiger partial charge in [0.05, 0.1) is 0 Å².